The summed E-state index contributed by atoms with van der Waals surface area (Å²) in [6.45, 7) is 2.02. The second-order valence-corrected chi connectivity index (χ2v) is 4.42. The lowest BCUT2D eigenvalue weighted by atomic mass is 10.1. The molecule has 1 aromatic rings. The van der Waals surface area contributed by atoms with Crippen LogP contribution in [0.4, 0.5) is 0 Å². The predicted octanol–water partition coefficient (Wildman–Crippen LogP) is 1.65. The number of piperidine rings is 1. The van der Waals surface area contributed by atoms with E-state index in [1.165, 1.54) is 11.3 Å². The molecule has 1 aliphatic rings. The minimum absolute atomic E-state index is 0. The molecular formula is C10H15ClN2OS. The van der Waals surface area contributed by atoms with E-state index >= 15 is 0 Å². The summed E-state index contributed by atoms with van der Waals surface area (Å²) >= 11 is 1.49. The highest BCUT2D eigenvalue weighted by Gasteiger charge is 2.16. The fraction of sp³-hybridized carbons (Fsp3) is 0.500. The van der Waals surface area contributed by atoms with E-state index in [-0.39, 0.29) is 18.3 Å². The van der Waals surface area contributed by atoms with Gasteiger partial charge < -0.3 is 10.6 Å². The van der Waals surface area contributed by atoms with Crippen LogP contribution in [0.5, 0.6) is 0 Å². The molecule has 0 bridgehead atoms. The Kier molecular flexibility index (Phi) is 5.08. The molecule has 0 spiro atoms. The molecule has 1 fully saturated rings. The van der Waals surface area contributed by atoms with Crippen molar-refractivity contribution in [1.82, 2.24) is 10.6 Å². The van der Waals surface area contributed by atoms with Gasteiger partial charge in [-0.15, -0.1) is 23.7 Å². The lowest BCUT2D eigenvalue weighted by molar-refractivity contribution is 0.0933. The Morgan fingerprint density at radius 1 is 1.47 bits per heavy atom. The number of carbonyl (C=O) groups excluding carboxylic acids is 1. The lowest BCUT2D eigenvalue weighted by Crippen LogP contribution is -2.42. The van der Waals surface area contributed by atoms with E-state index in [4.69, 9.17) is 0 Å². The van der Waals surface area contributed by atoms with Gasteiger partial charge in [0.25, 0.3) is 5.91 Å². The maximum Gasteiger partial charge on any atom is 0.261 e. The highest BCUT2D eigenvalue weighted by molar-refractivity contribution is 7.12. The number of nitrogens with one attached hydrogen (secondary N) is 2. The van der Waals surface area contributed by atoms with E-state index in [9.17, 15) is 4.79 Å². The number of amides is 1. The maximum absolute atomic E-state index is 11.7. The van der Waals surface area contributed by atoms with E-state index in [0.29, 0.717) is 6.04 Å². The zero-order chi connectivity index (χ0) is 9.80. The van der Waals surface area contributed by atoms with Crippen LogP contribution in [0.15, 0.2) is 17.5 Å². The van der Waals surface area contributed by atoms with Crippen molar-refractivity contribution in [3.63, 3.8) is 0 Å². The van der Waals surface area contributed by atoms with Gasteiger partial charge >= 0.3 is 0 Å². The first kappa shape index (κ1) is 12.5. The summed E-state index contributed by atoms with van der Waals surface area (Å²) < 4.78 is 0. The van der Waals surface area contributed by atoms with E-state index in [0.717, 1.165) is 30.8 Å². The van der Waals surface area contributed by atoms with Gasteiger partial charge in [-0.25, -0.2) is 0 Å². The van der Waals surface area contributed by atoms with Crippen molar-refractivity contribution < 1.29 is 4.79 Å². The molecule has 1 aromatic heterocycles. The molecule has 2 N–H and O–H groups in total. The second kappa shape index (κ2) is 6.10. The third kappa shape index (κ3) is 3.48. The van der Waals surface area contributed by atoms with Gasteiger partial charge in [-0.2, -0.15) is 0 Å². The van der Waals surface area contributed by atoms with Gasteiger partial charge in [-0.3, -0.25) is 4.79 Å². The van der Waals surface area contributed by atoms with Gasteiger partial charge in [-0.1, -0.05) is 6.07 Å². The van der Waals surface area contributed by atoms with Crippen molar-refractivity contribution in [3.05, 3.63) is 22.4 Å². The van der Waals surface area contributed by atoms with Crippen LogP contribution in [0.1, 0.15) is 22.5 Å². The van der Waals surface area contributed by atoms with Crippen LogP contribution in [-0.4, -0.2) is 25.0 Å². The van der Waals surface area contributed by atoms with Gasteiger partial charge in [0.1, 0.15) is 0 Å². The highest BCUT2D eigenvalue weighted by Crippen LogP contribution is 2.10. The first-order valence-electron chi connectivity index (χ1n) is 4.91. The standard InChI is InChI=1S/C10H14N2OS.ClH/c13-10(9-2-1-7-14-9)12-8-3-5-11-6-4-8;/h1-2,7-8,11H,3-6H2,(H,12,13);1H. The number of thiophene rings is 1. The second-order valence-electron chi connectivity index (χ2n) is 3.48. The van der Waals surface area contributed by atoms with Crippen molar-refractivity contribution in [2.45, 2.75) is 18.9 Å². The molecule has 0 atom stereocenters. The first-order chi connectivity index (χ1) is 6.86. The van der Waals surface area contributed by atoms with Crippen molar-refractivity contribution in [3.8, 4) is 0 Å². The molecule has 1 saturated heterocycles. The molecule has 1 amide bonds. The van der Waals surface area contributed by atoms with Crippen LogP contribution in [0, 0.1) is 0 Å². The molecule has 0 saturated carbocycles. The minimum atomic E-state index is 0. The number of carbonyl (C=O) groups is 1. The largest absolute Gasteiger partial charge is 0.349 e. The Labute approximate surface area is 99.7 Å². The zero-order valence-corrected chi connectivity index (χ0v) is 10.00. The third-order valence-electron chi connectivity index (χ3n) is 2.42. The third-order valence-corrected chi connectivity index (χ3v) is 3.29. The molecule has 84 valence electrons. The van der Waals surface area contributed by atoms with Crippen molar-refractivity contribution in [2.75, 3.05) is 13.1 Å². The summed E-state index contributed by atoms with van der Waals surface area (Å²) in [7, 11) is 0. The molecule has 2 heterocycles. The molecule has 1 aliphatic heterocycles. The van der Waals surface area contributed by atoms with Gasteiger partial charge in [0, 0.05) is 6.04 Å². The number of hydrogen-bond donors (Lipinski definition) is 2. The average Bonchev–Trinajstić information content (AvgIpc) is 2.72. The zero-order valence-electron chi connectivity index (χ0n) is 8.36. The minimum Gasteiger partial charge on any atom is -0.349 e. The summed E-state index contributed by atoms with van der Waals surface area (Å²) in [6.07, 6.45) is 2.08. The molecule has 0 radical (unpaired) electrons. The Hall–Kier alpha value is -0.580. The Balaban J connectivity index is 0.00000112. The average molecular weight is 247 g/mol. The monoisotopic (exact) mass is 246 g/mol. The number of hydrogen-bond acceptors (Lipinski definition) is 3. The van der Waals surface area contributed by atoms with Gasteiger partial charge in [0.15, 0.2) is 0 Å². The maximum atomic E-state index is 11.7. The molecule has 5 heteroatoms. The summed E-state index contributed by atoms with van der Waals surface area (Å²) in [5.41, 5.74) is 0. The summed E-state index contributed by atoms with van der Waals surface area (Å²) in [6, 6.07) is 4.12. The number of halogens is 1. The Morgan fingerprint density at radius 3 is 2.80 bits per heavy atom. The molecule has 0 unspecified atom stereocenters. The van der Waals surface area contributed by atoms with Crippen molar-refractivity contribution in [1.29, 1.82) is 0 Å². The smallest absolute Gasteiger partial charge is 0.261 e. The van der Waals surface area contributed by atoms with Gasteiger partial charge in [-0.05, 0) is 37.4 Å². The fourth-order valence-electron chi connectivity index (χ4n) is 1.63. The normalized spacial score (nSPS) is 16.8. The number of rotatable bonds is 2. The van der Waals surface area contributed by atoms with Crippen molar-refractivity contribution >= 4 is 29.7 Å². The van der Waals surface area contributed by atoms with E-state index in [1.54, 1.807) is 0 Å². The van der Waals surface area contributed by atoms with E-state index < -0.39 is 0 Å². The Morgan fingerprint density at radius 2 is 2.20 bits per heavy atom. The molecule has 0 aromatic carbocycles. The van der Waals surface area contributed by atoms with Crippen LogP contribution in [0.3, 0.4) is 0 Å². The molecule has 3 nitrogen and oxygen atoms in total. The van der Waals surface area contributed by atoms with Crippen LogP contribution < -0.4 is 10.6 Å². The summed E-state index contributed by atoms with van der Waals surface area (Å²) in [5, 5.41) is 8.25. The summed E-state index contributed by atoms with van der Waals surface area (Å²) in [5.74, 6) is 0.0758. The van der Waals surface area contributed by atoms with E-state index in [1.807, 2.05) is 17.5 Å². The summed E-state index contributed by atoms with van der Waals surface area (Å²) in [4.78, 5) is 12.5. The van der Waals surface area contributed by atoms with Crippen LogP contribution in [0.2, 0.25) is 0 Å². The van der Waals surface area contributed by atoms with Gasteiger partial charge in [0.05, 0.1) is 4.88 Å². The predicted molar refractivity (Wildman–Crippen MR) is 64.9 cm³/mol. The molecule has 0 aliphatic carbocycles. The molecule has 15 heavy (non-hydrogen) atoms. The Bertz CT molecular complexity index is 296. The van der Waals surface area contributed by atoms with Crippen LogP contribution in [-0.2, 0) is 0 Å². The molecular weight excluding hydrogens is 232 g/mol. The fourth-order valence-corrected chi connectivity index (χ4v) is 2.26. The molecule has 2 rings (SSSR count). The van der Waals surface area contributed by atoms with E-state index in [2.05, 4.69) is 10.6 Å². The lowest BCUT2D eigenvalue weighted by Gasteiger charge is -2.23. The van der Waals surface area contributed by atoms with Crippen LogP contribution >= 0.6 is 23.7 Å². The quantitative estimate of drug-likeness (QED) is 0.833. The SMILES string of the molecule is Cl.O=C(NC1CCNCC1)c1cccs1. The highest BCUT2D eigenvalue weighted by atomic mass is 35.5. The van der Waals surface area contributed by atoms with Crippen molar-refractivity contribution in [2.24, 2.45) is 0 Å². The topological polar surface area (TPSA) is 41.1 Å². The van der Waals surface area contributed by atoms with Gasteiger partial charge in [0.2, 0.25) is 0 Å². The van der Waals surface area contributed by atoms with Crippen LogP contribution in [0.25, 0.3) is 0 Å². The first-order valence-corrected chi connectivity index (χ1v) is 5.79.